The first-order valence-corrected chi connectivity index (χ1v) is 7.92. The van der Waals surface area contributed by atoms with Gasteiger partial charge in [0.15, 0.2) is 0 Å². The maximum absolute atomic E-state index is 5.84. The molecular weight excluding hydrogens is 254 g/mol. The molecule has 19 heavy (non-hydrogen) atoms. The van der Waals surface area contributed by atoms with Gasteiger partial charge in [-0.25, -0.2) is 0 Å². The molecule has 2 N–H and O–H groups in total. The van der Waals surface area contributed by atoms with E-state index in [1.807, 2.05) is 10.9 Å². The summed E-state index contributed by atoms with van der Waals surface area (Å²) >= 11 is 2.06. The van der Waals surface area contributed by atoms with Crippen molar-refractivity contribution >= 4 is 17.4 Å². The Balaban J connectivity index is 1.95. The molecule has 1 aromatic carbocycles. The summed E-state index contributed by atoms with van der Waals surface area (Å²) in [4.78, 5) is 0. The second-order valence-electron chi connectivity index (χ2n) is 5.09. The summed E-state index contributed by atoms with van der Waals surface area (Å²) in [7, 11) is 0. The van der Waals surface area contributed by atoms with E-state index in [9.17, 15) is 0 Å². The van der Waals surface area contributed by atoms with Gasteiger partial charge in [0.25, 0.3) is 0 Å². The van der Waals surface area contributed by atoms with Gasteiger partial charge in [0, 0.05) is 6.20 Å². The lowest BCUT2D eigenvalue weighted by Gasteiger charge is -2.30. The Bertz CT molecular complexity index is 517. The summed E-state index contributed by atoms with van der Waals surface area (Å²) in [5.41, 5.74) is 7.91. The smallest absolute Gasteiger partial charge is 0.0805 e. The molecule has 4 heteroatoms. The SMILES string of the molecule is Nc1cnn(C(c2ccccc2)C2CCCSC2)c1. The van der Waals surface area contributed by atoms with E-state index >= 15 is 0 Å². The van der Waals surface area contributed by atoms with Gasteiger partial charge in [-0.1, -0.05) is 30.3 Å². The van der Waals surface area contributed by atoms with E-state index in [0.717, 1.165) is 5.69 Å². The van der Waals surface area contributed by atoms with Crippen molar-refractivity contribution in [1.82, 2.24) is 9.78 Å². The largest absolute Gasteiger partial charge is 0.396 e. The maximum Gasteiger partial charge on any atom is 0.0805 e. The van der Waals surface area contributed by atoms with E-state index in [4.69, 9.17) is 5.73 Å². The van der Waals surface area contributed by atoms with Crippen molar-refractivity contribution in [3.05, 3.63) is 48.3 Å². The Morgan fingerprint density at radius 1 is 1.32 bits per heavy atom. The molecule has 1 saturated heterocycles. The molecule has 2 aromatic rings. The molecule has 1 fully saturated rings. The van der Waals surface area contributed by atoms with Crippen LogP contribution >= 0.6 is 11.8 Å². The number of nitrogen functional groups attached to an aromatic ring is 1. The number of aromatic nitrogens is 2. The zero-order valence-electron chi connectivity index (χ0n) is 10.9. The van der Waals surface area contributed by atoms with Crippen molar-refractivity contribution in [2.24, 2.45) is 5.92 Å². The molecule has 2 unspecified atom stereocenters. The second-order valence-corrected chi connectivity index (χ2v) is 6.24. The van der Waals surface area contributed by atoms with E-state index in [-0.39, 0.29) is 0 Å². The predicted molar refractivity (Wildman–Crippen MR) is 81.3 cm³/mol. The van der Waals surface area contributed by atoms with Crippen LogP contribution in [0.5, 0.6) is 0 Å². The number of benzene rings is 1. The molecule has 0 spiro atoms. The van der Waals surface area contributed by atoms with Crippen LogP contribution < -0.4 is 5.73 Å². The number of nitrogens with zero attached hydrogens (tertiary/aromatic N) is 2. The second kappa shape index (κ2) is 5.70. The van der Waals surface area contributed by atoms with Gasteiger partial charge in [-0.15, -0.1) is 0 Å². The number of rotatable bonds is 3. The minimum absolute atomic E-state index is 0.311. The lowest BCUT2D eigenvalue weighted by molar-refractivity contribution is 0.355. The minimum Gasteiger partial charge on any atom is -0.396 e. The summed E-state index contributed by atoms with van der Waals surface area (Å²) in [6.45, 7) is 0. The topological polar surface area (TPSA) is 43.8 Å². The van der Waals surface area contributed by atoms with Crippen LogP contribution in [0.4, 0.5) is 5.69 Å². The summed E-state index contributed by atoms with van der Waals surface area (Å²) < 4.78 is 2.04. The summed E-state index contributed by atoms with van der Waals surface area (Å²) in [5.74, 6) is 3.14. The minimum atomic E-state index is 0.311. The molecule has 1 aliphatic heterocycles. The molecule has 1 aromatic heterocycles. The molecule has 1 aliphatic rings. The maximum atomic E-state index is 5.84. The normalized spacial score (nSPS) is 21.2. The van der Waals surface area contributed by atoms with Crippen LogP contribution in [0.1, 0.15) is 24.4 Å². The highest BCUT2D eigenvalue weighted by Crippen LogP contribution is 2.35. The van der Waals surface area contributed by atoms with E-state index in [0.29, 0.717) is 12.0 Å². The summed E-state index contributed by atoms with van der Waals surface area (Å²) in [6.07, 6.45) is 6.27. The van der Waals surface area contributed by atoms with Gasteiger partial charge in [-0.3, -0.25) is 4.68 Å². The highest BCUT2D eigenvalue weighted by molar-refractivity contribution is 7.99. The fourth-order valence-corrected chi connectivity index (χ4v) is 4.00. The average molecular weight is 273 g/mol. The molecule has 2 atom stereocenters. The summed E-state index contributed by atoms with van der Waals surface area (Å²) in [5, 5.41) is 4.45. The van der Waals surface area contributed by atoms with Crippen LogP contribution in [0.2, 0.25) is 0 Å². The van der Waals surface area contributed by atoms with Gasteiger partial charge in [-0.05, 0) is 35.8 Å². The number of hydrogen-bond donors (Lipinski definition) is 1. The number of thioether (sulfide) groups is 1. The molecule has 3 rings (SSSR count). The van der Waals surface area contributed by atoms with Crippen molar-refractivity contribution in [3.63, 3.8) is 0 Å². The first-order valence-electron chi connectivity index (χ1n) is 6.77. The third-order valence-electron chi connectivity index (χ3n) is 3.69. The van der Waals surface area contributed by atoms with E-state index in [1.165, 1.54) is 29.9 Å². The van der Waals surface area contributed by atoms with Crippen LogP contribution in [0.15, 0.2) is 42.7 Å². The van der Waals surface area contributed by atoms with Gasteiger partial charge in [0.1, 0.15) is 0 Å². The van der Waals surface area contributed by atoms with Crippen molar-refractivity contribution < 1.29 is 0 Å². The Morgan fingerprint density at radius 2 is 2.16 bits per heavy atom. The van der Waals surface area contributed by atoms with Gasteiger partial charge < -0.3 is 5.73 Å². The third kappa shape index (κ3) is 2.78. The molecule has 0 aliphatic carbocycles. The predicted octanol–water partition coefficient (Wildman–Crippen LogP) is 3.20. The standard InChI is InChI=1S/C15H19N3S/c16-14-9-17-18(10-14)15(12-5-2-1-3-6-12)13-7-4-8-19-11-13/h1-3,5-6,9-10,13,15H,4,7-8,11,16H2. The average Bonchev–Trinajstić information content (AvgIpc) is 2.88. The fourth-order valence-electron chi connectivity index (χ4n) is 2.81. The van der Waals surface area contributed by atoms with Crippen LogP contribution in [0.25, 0.3) is 0 Å². The lowest BCUT2D eigenvalue weighted by Crippen LogP contribution is -2.25. The molecule has 0 bridgehead atoms. The Labute approximate surface area is 118 Å². The fraction of sp³-hybridized carbons (Fsp3) is 0.400. The van der Waals surface area contributed by atoms with Gasteiger partial charge in [0.05, 0.1) is 17.9 Å². The molecule has 100 valence electrons. The Morgan fingerprint density at radius 3 is 2.79 bits per heavy atom. The summed E-state index contributed by atoms with van der Waals surface area (Å²) in [6, 6.07) is 11.0. The highest BCUT2D eigenvalue weighted by Gasteiger charge is 2.27. The van der Waals surface area contributed by atoms with Gasteiger partial charge in [-0.2, -0.15) is 16.9 Å². The van der Waals surface area contributed by atoms with Crippen molar-refractivity contribution in [2.75, 3.05) is 17.2 Å². The monoisotopic (exact) mass is 273 g/mol. The van der Waals surface area contributed by atoms with Crippen molar-refractivity contribution in [3.8, 4) is 0 Å². The van der Waals surface area contributed by atoms with Crippen molar-refractivity contribution in [2.45, 2.75) is 18.9 Å². The van der Waals surface area contributed by atoms with E-state index in [1.54, 1.807) is 6.20 Å². The van der Waals surface area contributed by atoms with E-state index in [2.05, 4.69) is 47.2 Å². The number of hydrogen-bond acceptors (Lipinski definition) is 3. The quantitative estimate of drug-likeness (QED) is 0.934. The van der Waals surface area contributed by atoms with Crippen LogP contribution in [-0.2, 0) is 0 Å². The molecule has 0 saturated carbocycles. The van der Waals surface area contributed by atoms with Crippen LogP contribution in [0, 0.1) is 5.92 Å². The number of nitrogens with two attached hydrogens (primary N) is 1. The molecular formula is C15H19N3S. The Hall–Kier alpha value is -1.42. The molecule has 2 heterocycles. The number of anilines is 1. The highest BCUT2D eigenvalue weighted by atomic mass is 32.2. The molecule has 0 amide bonds. The first kappa shape index (κ1) is 12.6. The Kier molecular flexibility index (Phi) is 3.78. The third-order valence-corrected chi connectivity index (χ3v) is 4.93. The molecule has 0 radical (unpaired) electrons. The van der Waals surface area contributed by atoms with Gasteiger partial charge in [0.2, 0.25) is 0 Å². The zero-order valence-corrected chi connectivity index (χ0v) is 11.7. The van der Waals surface area contributed by atoms with Crippen LogP contribution in [-0.4, -0.2) is 21.3 Å². The van der Waals surface area contributed by atoms with Gasteiger partial charge >= 0.3 is 0 Å². The zero-order chi connectivity index (χ0) is 13.1. The van der Waals surface area contributed by atoms with Crippen molar-refractivity contribution in [1.29, 1.82) is 0 Å². The van der Waals surface area contributed by atoms with E-state index < -0.39 is 0 Å². The first-order chi connectivity index (χ1) is 9.34. The van der Waals surface area contributed by atoms with Crippen LogP contribution in [0.3, 0.4) is 0 Å². The molecule has 3 nitrogen and oxygen atoms in total. The lowest BCUT2D eigenvalue weighted by atomic mass is 9.90.